The molecule has 4 nitrogen and oxygen atoms in total. The zero-order valence-corrected chi connectivity index (χ0v) is 16.8. The second kappa shape index (κ2) is 9.78. The number of amides is 1. The number of piperidine rings is 1. The van der Waals surface area contributed by atoms with Gasteiger partial charge < -0.3 is 9.80 Å². The summed E-state index contributed by atoms with van der Waals surface area (Å²) in [7, 11) is 0. The first kappa shape index (κ1) is 21.9. The van der Waals surface area contributed by atoms with Crippen LogP contribution >= 0.6 is 0 Å². The molecule has 2 heterocycles. The van der Waals surface area contributed by atoms with E-state index in [4.69, 9.17) is 0 Å². The molecule has 1 unspecified atom stereocenters. The van der Waals surface area contributed by atoms with E-state index >= 15 is 0 Å². The number of rotatable bonds is 7. The van der Waals surface area contributed by atoms with Crippen LogP contribution in [0.25, 0.3) is 0 Å². The maximum Gasteiger partial charge on any atom is 0.419 e. The largest absolute Gasteiger partial charge is 0.419 e. The molecule has 1 amide bonds. The van der Waals surface area contributed by atoms with Crippen LogP contribution in [-0.4, -0.2) is 42.0 Å². The van der Waals surface area contributed by atoms with E-state index in [0.717, 1.165) is 18.1 Å². The first-order valence-electron chi connectivity index (χ1n) is 10.1. The van der Waals surface area contributed by atoms with Gasteiger partial charge in [-0.1, -0.05) is 36.4 Å². The lowest BCUT2D eigenvalue weighted by Gasteiger charge is -2.36. The van der Waals surface area contributed by atoms with Gasteiger partial charge in [-0.15, -0.1) is 6.58 Å². The number of carbonyl (C=O) groups is 1. The Balaban J connectivity index is 1.71. The van der Waals surface area contributed by atoms with Crippen LogP contribution in [0.2, 0.25) is 0 Å². The molecule has 2 aromatic rings. The molecule has 1 aromatic heterocycles. The molecule has 1 fully saturated rings. The summed E-state index contributed by atoms with van der Waals surface area (Å²) in [5.41, 5.74) is 0.373. The molecule has 7 heteroatoms. The van der Waals surface area contributed by atoms with Crippen molar-refractivity contribution in [3.63, 3.8) is 0 Å². The van der Waals surface area contributed by atoms with Crippen LogP contribution in [0, 0.1) is 5.92 Å². The van der Waals surface area contributed by atoms with Crippen molar-refractivity contribution in [2.75, 3.05) is 31.1 Å². The number of carbonyl (C=O) groups excluding carboxylic acids is 1. The topological polar surface area (TPSA) is 36.4 Å². The van der Waals surface area contributed by atoms with Gasteiger partial charge in [0.05, 0.1) is 11.5 Å². The third-order valence-corrected chi connectivity index (χ3v) is 5.34. The highest BCUT2D eigenvalue weighted by Gasteiger charge is 2.37. The van der Waals surface area contributed by atoms with Crippen molar-refractivity contribution in [3.05, 3.63) is 72.4 Å². The summed E-state index contributed by atoms with van der Waals surface area (Å²) >= 11 is 0. The molecule has 1 aliphatic heterocycles. The fourth-order valence-electron chi connectivity index (χ4n) is 3.86. The van der Waals surface area contributed by atoms with E-state index in [1.807, 2.05) is 30.3 Å². The number of aromatic nitrogens is 1. The second-order valence-electron chi connectivity index (χ2n) is 7.47. The minimum atomic E-state index is -4.48. The Labute approximate surface area is 175 Å². The summed E-state index contributed by atoms with van der Waals surface area (Å²) < 4.78 is 40.2. The van der Waals surface area contributed by atoms with Crippen molar-refractivity contribution in [3.8, 4) is 0 Å². The SMILES string of the molecule is C=CCN(CCc1ccccc1)C(=O)C1CCCN(c2ncccc2C(F)(F)F)C1. The zero-order chi connectivity index (χ0) is 21.6. The summed E-state index contributed by atoms with van der Waals surface area (Å²) in [5, 5.41) is 0. The third-order valence-electron chi connectivity index (χ3n) is 5.34. The van der Waals surface area contributed by atoms with Crippen LogP contribution in [0.15, 0.2) is 61.3 Å². The fourth-order valence-corrected chi connectivity index (χ4v) is 3.86. The normalized spacial score (nSPS) is 16.9. The van der Waals surface area contributed by atoms with Gasteiger partial charge in [0, 0.05) is 32.4 Å². The predicted molar refractivity (Wildman–Crippen MR) is 111 cm³/mol. The number of hydrogen-bond acceptors (Lipinski definition) is 3. The molecule has 0 radical (unpaired) electrons. The predicted octanol–water partition coefficient (Wildman–Crippen LogP) is 4.57. The number of halogens is 3. The van der Waals surface area contributed by atoms with Crippen molar-refractivity contribution >= 4 is 11.7 Å². The van der Waals surface area contributed by atoms with Gasteiger partial charge in [0.25, 0.3) is 0 Å². The van der Waals surface area contributed by atoms with E-state index in [2.05, 4.69) is 11.6 Å². The average molecular weight is 417 g/mol. The molecule has 0 saturated carbocycles. The lowest BCUT2D eigenvalue weighted by Crippen LogP contribution is -2.46. The van der Waals surface area contributed by atoms with E-state index in [0.29, 0.717) is 32.5 Å². The number of pyridine rings is 1. The molecular formula is C23H26F3N3O. The Kier molecular flexibility index (Phi) is 7.13. The van der Waals surface area contributed by atoms with Gasteiger partial charge in [-0.05, 0) is 37.0 Å². The maximum absolute atomic E-state index is 13.4. The van der Waals surface area contributed by atoms with Gasteiger partial charge >= 0.3 is 6.18 Å². The van der Waals surface area contributed by atoms with E-state index in [1.54, 1.807) is 15.9 Å². The highest BCUT2D eigenvalue weighted by molar-refractivity contribution is 5.80. The minimum Gasteiger partial charge on any atom is -0.355 e. The maximum atomic E-state index is 13.4. The van der Waals surface area contributed by atoms with Crippen LogP contribution in [0.4, 0.5) is 19.0 Å². The number of hydrogen-bond donors (Lipinski definition) is 0. The molecule has 1 saturated heterocycles. The van der Waals surface area contributed by atoms with E-state index in [1.165, 1.54) is 12.3 Å². The van der Waals surface area contributed by atoms with Crippen molar-refractivity contribution < 1.29 is 18.0 Å². The van der Waals surface area contributed by atoms with Crippen molar-refractivity contribution in [1.82, 2.24) is 9.88 Å². The Morgan fingerprint density at radius 1 is 1.23 bits per heavy atom. The lowest BCUT2D eigenvalue weighted by atomic mass is 9.95. The van der Waals surface area contributed by atoms with Gasteiger partial charge in [0.1, 0.15) is 5.82 Å². The lowest BCUT2D eigenvalue weighted by molar-refractivity contribution is -0.137. The number of benzene rings is 1. The molecule has 1 aromatic carbocycles. The van der Waals surface area contributed by atoms with Gasteiger partial charge in [-0.2, -0.15) is 13.2 Å². The van der Waals surface area contributed by atoms with Crippen molar-refractivity contribution in [2.24, 2.45) is 5.92 Å². The molecule has 160 valence electrons. The van der Waals surface area contributed by atoms with Gasteiger partial charge in [-0.3, -0.25) is 4.79 Å². The average Bonchev–Trinajstić information content (AvgIpc) is 2.76. The Hall–Kier alpha value is -2.83. The van der Waals surface area contributed by atoms with Gasteiger partial charge in [0.15, 0.2) is 0 Å². The minimum absolute atomic E-state index is 0.0416. The van der Waals surface area contributed by atoms with E-state index in [-0.39, 0.29) is 24.2 Å². The number of anilines is 1. The highest BCUT2D eigenvalue weighted by atomic mass is 19.4. The number of nitrogens with zero attached hydrogens (tertiary/aromatic N) is 3. The molecular weight excluding hydrogens is 391 g/mol. The van der Waals surface area contributed by atoms with Crippen LogP contribution in [0.3, 0.4) is 0 Å². The monoisotopic (exact) mass is 417 g/mol. The first-order valence-corrected chi connectivity index (χ1v) is 10.1. The summed E-state index contributed by atoms with van der Waals surface area (Å²) in [6.07, 6.45) is 0.581. The summed E-state index contributed by atoms with van der Waals surface area (Å²) in [6, 6.07) is 12.2. The molecule has 0 aliphatic carbocycles. The summed E-state index contributed by atoms with van der Waals surface area (Å²) in [4.78, 5) is 20.5. The Morgan fingerprint density at radius 2 is 2.00 bits per heavy atom. The first-order chi connectivity index (χ1) is 14.4. The molecule has 1 aliphatic rings. The van der Waals surface area contributed by atoms with E-state index < -0.39 is 11.7 Å². The Morgan fingerprint density at radius 3 is 2.70 bits per heavy atom. The van der Waals surface area contributed by atoms with Crippen LogP contribution in [-0.2, 0) is 17.4 Å². The zero-order valence-electron chi connectivity index (χ0n) is 16.8. The smallest absolute Gasteiger partial charge is 0.355 e. The second-order valence-corrected chi connectivity index (χ2v) is 7.47. The van der Waals surface area contributed by atoms with E-state index in [9.17, 15) is 18.0 Å². The molecule has 0 bridgehead atoms. The molecule has 0 spiro atoms. The van der Waals surface area contributed by atoms with Crippen molar-refractivity contribution in [2.45, 2.75) is 25.4 Å². The molecule has 1 atom stereocenters. The molecule has 3 rings (SSSR count). The molecule has 0 N–H and O–H groups in total. The van der Waals surface area contributed by atoms with Crippen LogP contribution in [0.1, 0.15) is 24.0 Å². The van der Waals surface area contributed by atoms with Crippen molar-refractivity contribution in [1.29, 1.82) is 0 Å². The van der Waals surface area contributed by atoms with Gasteiger partial charge in [0.2, 0.25) is 5.91 Å². The highest BCUT2D eigenvalue weighted by Crippen LogP contribution is 2.36. The Bertz CT molecular complexity index is 854. The molecule has 30 heavy (non-hydrogen) atoms. The summed E-state index contributed by atoms with van der Waals surface area (Å²) in [5.74, 6) is -0.500. The number of alkyl halides is 3. The third kappa shape index (κ3) is 5.40. The van der Waals surface area contributed by atoms with Crippen LogP contribution in [0.5, 0.6) is 0 Å². The quantitative estimate of drug-likeness (QED) is 0.619. The summed E-state index contributed by atoms with van der Waals surface area (Å²) in [6.45, 7) is 5.39. The standard InChI is InChI=1S/C23H26F3N3O/c1-2-14-28(16-12-18-8-4-3-5-9-18)22(30)19-10-7-15-29(17-19)21-20(23(24,25)26)11-6-13-27-21/h2-6,8-9,11,13,19H,1,7,10,12,14-17H2. The van der Waals surface area contributed by atoms with Crippen LogP contribution < -0.4 is 4.90 Å². The fraction of sp³-hybridized carbons (Fsp3) is 0.391. The van der Waals surface area contributed by atoms with Gasteiger partial charge in [-0.25, -0.2) is 4.98 Å².